The summed E-state index contributed by atoms with van der Waals surface area (Å²) in [6.07, 6.45) is 7.91. The summed E-state index contributed by atoms with van der Waals surface area (Å²) in [6, 6.07) is 0. The molecule has 1 aliphatic carbocycles. The summed E-state index contributed by atoms with van der Waals surface area (Å²) in [6.45, 7) is 1.05. The first-order chi connectivity index (χ1) is 7.84. The van der Waals surface area contributed by atoms with Crippen molar-refractivity contribution in [3.05, 3.63) is 17.7 Å². The molecule has 0 radical (unpaired) electrons. The Hall–Kier alpha value is -0.870. The molecule has 1 saturated carbocycles. The number of hydrogen-bond donors (Lipinski definition) is 2. The summed E-state index contributed by atoms with van der Waals surface area (Å²) in [7, 11) is 1.82. The van der Waals surface area contributed by atoms with E-state index in [1.54, 1.807) is 0 Å². The van der Waals surface area contributed by atoms with E-state index in [0.717, 1.165) is 19.4 Å². The van der Waals surface area contributed by atoms with Gasteiger partial charge in [0.1, 0.15) is 0 Å². The summed E-state index contributed by atoms with van der Waals surface area (Å²) < 4.78 is 5.53. The van der Waals surface area contributed by atoms with E-state index in [1.807, 2.05) is 13.4 Å². The summed E-state index contributed by atoms with van der Waals surface area (Å²) in [5, 5.41) is 3.68. The number of hydrogen-bond acceptors (Lipinski definition) is 3. The molecule has 1 aliphatic heterocycles. The van der Waals surface area contributed by atoms with Crippen LogP contribution in [0.3, 0.4) is 0 Å². The Morgan fingerprint density at radius 2 is 2.50 bits per heavy atom. The topological polar surface area (TPSA) is 49.9 Å². The van der Waals surface area contributed by atoms with E-state index in [0.29, 0.717) is 6.10 Å². The standard InChI is InChI=1S/C12H19N3O/c1-16-9-3-2-5-12(7-9)11-10(4-6-15-12)13-8-14-11/h8-9,15H,2-7H2,1H3,(H,13,14). The molecule has 88 valence electrons. The van der Waals surface area contributed by atoms with Crippen molar-refractivity contribution in [3.63, 3.8) is 0 Å². The number of ether oxygens (including phenoxy) is 1. The van der Waals surface area contributed by atoms with Gasteiger partial charge in [-0.2, -0.15) is 0 Å². The predicted octanol–water partition coefficient (Wildman–Crippen LogP) is 1.34. The largest absolute Gasteiger partial charge is 0.381 e. The molecular formula is C12H19N3O. The van der Waals surface area contributed by atoms with Crippen molar-refractivity contribution in [1.82, 2.24) is 15.3 Å². The molecule has 2 aliphatic rings. The van der Waals surface area contributed by atoms with Crippen molar-refractivity contribution in [2.75, 3.05) is 13.7 Å². The highest BCUT2D eigenvalue weighted by molar-refractivity contribution is 5.26. The second-order valence-electron chi connectivity index (χ2n) is 4.94. The minimum Gasteiger partial charge on any atom is -0.381 e. The zero-order valence-corrected chi connectivity index (χ0v) is 9.75. The number of fused-ring (bicyclic) bond motifs is 2. The van der Waals surface area contributed by atoms with Gasteiger partial charge in [-0.25, -0.2) is 4.98 Å². The Labute approximate surface area is 95.8 Å². The highest BCUT2D eigenvalue weighted by Crippen LogP contribution is 2.40. The maximum absolute atomic E-state index is 5.53. The van der Waals surface area contributed by atoms with Crippen molar-refractivity contribution in [2.24, 2.45) is 0 Å². The average molecular weight is 221 g/mol. The normalized spacial score (nSPS) is 33.9. The summed E-state index contributed by atoms with van der Waals surface area (Å²) in [4.78, 5) is 7.80. The zero-order valence-electron chi connectivity index (χ0n) is 9.75. The van der Waals surface area contributed by atoms with Gasteiger partial charge in [-0.05, 0) is 25.7 Å². The molecular weight excluding hydrogens is 202 g/mol. The molecule has 3 rings (SSSR count). The van der Waals surface area contributed by atoms with Crippen molar-refractivity contribution in [2.45, 2.75) is 43.7 Å². The minimum absolute atomic E-state index is 0.0759. The monoisotopic (exact) mass is 221 g/mol. The molecule has 1 aromatic rings. The van der Waals surface area contributed by atoms with Crippen LogP contribution < -0.4 is 5.32 Å². The fourth-order valence-electron chi connectivity index (χ4n) is 3.24. The second-order valence-corrected chi connectivity index (χ2v) is 4.94. The van der Waals surface area contributed by atoms with Crippen LogP contribution in [0.15, 0.2) is 6.33 Å². The lowest BCUT2D eigenvalue weighted by Gasteiger charge is -2.43. The van der Waals surface area contributed by atoms with Gasteiger partial charge in [0, 0.05) is 25.8 Å². The average Bonchev–Trinajstić information content (AvgIpc) is 2.79. The smallest absolute Gasteiger partial charge is 0.0926 e. The molecule has 2 heterocycles. The first-order valence-corrected chi connectivity index (χ1v) is 6.15. The first kappa shape index (κ1) is 10.3. The molecule has 1 spiro atoms. The maximum atomic E-state index is 5.53. The van der Waals surface area contributed by atoms with Gasteiger partial charge in [0.05, 0.1) is 23.7 Å². The lowest BCUT2D eigenvalue weighted by molar-refractivity contribution is 0.0259. The van der Waals surface area contributed by atoms with Crippen LogP contribution in [-0.2, 0) is 16.7 Å². The van der Waals surface area contributed by atoms with E-state index in [1.165, 1.54) is 30.7 Å². The van der Waals surface area contributed by atoms with Crippen LogP contribution in [0, 0.1) is 0 Å². The van der Waals surface area contributed by atoms with Crippen LogP contribution in [0.4, 0.5) is 0 Å². The van der Waals surface area contributed by atoms with Crippen molar-refractivity contribution >= 4 is 0 Å². The van der Waals surface area contributed by atoms with Gasteiger partial charge >= 0.3 is 0 Å². The Bertz CT molecular complexity index is 376. The van der Waals surface area contributed by atoms with Crippen LogP contribution in [0.5, 0.6) is 0 Å². The van der Waals surface area contributed by atoms with Gasteiger partial charge in [-0.1, -0.05) is 0 Å². The fourth-order valence-corrected chi connectivity index (χ4v) is 3.24. The van der Waals surface area contributed by atoms with E-state index in [2.05, 4.69) is 15.3 Å². The number of nitrogens with one attached hydrogen (secondary N) is 2. The number of rotatable bonds is 1. The lowest BCUT2D eigenvalue weighted by atomic mass is 9.75. The Kier molecular flexibility index (Phi) is 2.48. The third-order valence-electron chi connectivity index (χ3n) is 4.05. The SMILES string of the molecule is COC1CCCC2(C1)NCCc1[nH]cnc12. The van der Waals surface area contributed by atoms with Gasteiger partial charge in [-0.3, -0.25) is 0 Å². The molecule has 1 aromatic heterocycles. The molecule has 0 saturated heterocycles. The van der Waals surface area contributed by atoms with Crippen LogP contribution in [0.25, 0.3) is 0 Å². The van der Waals surface area contributed by atoms with Crippen LogP contribution >= 0.6 is 0 Å². The lowest BCUT2D eigenvalue weighted by Crippen LogP contribution is -2.51. The summed E-state index contributed by atoms with van der Waals surface area (Å²) in [5.74, 6) is 0. The fraction of sp³-hybridized carbons (Fsp3) is 0.750. The number of aromatic amines is 1. The Morgan fingerprint density at radius 1 is 1.56 bits per heavy atom. The van der Waals surface area contributed by atoms with Gasteiger partial charge in [0.2, 0.25) is 0 Å². The molecule has 0 aromatic carbocycles. The van der Waals surface area contributed by atoms with E-state index >= 15 is 0 Å². The van der Waals surface area contributed by atoms with Gasteiger partial charge in [0.25, 0.3) is 0 Å². The van der Waals surface area contributed by atoms with Crippen molar-refractivity contribution in [1.29, 1.82) is 0 Å². The third kappa shape index (κ3) is 1.48. The first-order valence-electron chi connectivity index (χ1n) is 6.15. The van der Waals surface area contributed by atoms with Crippen molar-refractivity contribution < 1.29 is 4.74 Å². The molecule has 2 atom stereocenters. The predicted molar refractivity (Wildman–Crippen MR) is 61.2 cm³/mol. The van der Waals surface area contributed by atoms with Gasteiger partial charge in [-0.15, -0.1) is 0 Å². The van der Waals surface area contributed by atoms with Gasteiger partial charge in [0.15, 0.2) is 0 Å². The Morgan fingerprint density at radius 3 is 3.38 bits per heavy atom. The second kappa shape index (κ2) is 3.86. The highest BCUT2D eigenvalue weighted by Gasteiger charge is 2.42. The highest BCUT2D eigenvalue weighted by atomic mass is 16.5. The number of methoxy groups -OCH3 is 1. The molecule has 2 unspecified atom stereocenters. The van der Waals surface area contributed by atoms with E-state index < -0.39 is 0 Å². The van der Waals surface area contributed by atoms with Gasteiger partial charge < -0.3 is 15.0 Å². The molecule has 4 heteroatoms. The molecule has 4 nitrogen and oxygen atoms in total. The maximum Gasteiger partial charge on any atom is 0.0926 e. The Balaban J connectivity index is 1.94. The quantitative estimate of drug-likeness (QED) is 0.752. The number of nitrogens with zero attached hydrogens (tertiary/aromatic N) is 1. The molecule has 0 bridgehead atoms. The molecule has 0 amide bonds. The molecule has 1 fully saturated rings. The number of aromatic nitrogens is 2. The van der Waals surface area contributed by atoms with E-state index in [9.17, 15) is 0 Å². The minimum atomic E-state index is 0.0759. The van der Waals surface area contributed by atoms with Crippen molar-refractivity contribution in [3.8, 4) is 0 Å². The van der Waals surface area contributed by atoms with Crippen LogP contribution in [-0.4, -0.2) is 29.7 Å². The molecule has 16 heavy (non-hydrogen) atoms. The van der Waals surface area contributed by atoms with Crippen LogP contribution in [0.2, 0.25) is 0 Å². The summed E-state index contributed by atoms with van der Waals surface area (Å²) in [5.41, 5.74) is 2.63. The molecule has 2 N–H and O–H groups in total. The number of imidazole rings is 1. The van der Waals surface area contributed by atoms with E-state index in [-0.39, 0.29) is 5.54 Å². The number of H-pyrrole nitrogens is 1. The summed E-state index contributed by atoms with van der Waals surface area (Å²) >= 11 is 0. The zero-order chi connectivity index (χ0) is 11.0. The van der Waals surface area contributed by atoms with Crippen LogP contribution in [0.1, 0.15) is 37.1 Å². The van der Waals surface area contributed by atoms with E-state index in [4.69, 9.17) is 4.74 Å². The third-order valence-corrected chi connectivity index (χ3v) is 4.05.